The van der Waals surface area contributed by atoms with E-state index in [1.54, 1.807) is 18.2 Å². The molecule has 27 heavy (non-hydrogen) atoms. The summed E-state index contributed by atoms with van der Waals surface area (Å²) in [6.45, 7) is 0.194. The van der Waals surface area contributed by atoms with Gasteiger partial charge in [-0.3, -0.25) is 14.9 Å². The van der Waals surface area contributed by atoms with E-state index in [-0.39, 0.29) is 22.9 Å². The second kappa shape index (κ2) is 6.90. The lowest BCUT2D eigenvalue weighted by Crippen LogP contribution is -2.37. The van der Waals surface area contributed by atoms with Crippen molar-refractivity contribution in [1.29, 1.82) is 0 Å². The first kappa shape index (κ1) is 18.4. The summed E-state index contributed by atoms with van der Waals surface area (Å²) in [5.74, 6) is -0.488. The van der Waals surface area contributed by atoms with Crippen LogP contribution in [0, 0.1) is 0 Å². The van der Waals surface area contributed by atoms with Gasteiger partial charge in [0.25, 0.3) is 11.1 Å². The zero-order chi connectivity index (χ0) is 19.2. The minimum atomic E-state index is -3.72. The van der Waals surface area contributed by atoms with Crippen molar-refractivity contribution < 1.29 is 18.0 Å². The average Bonchev–Trinajstić information content (AvgIpc) is 2.97. The van der Waals surface area contributed by atoms with Crippen LogP contribution in [-0.4, -0.2) is 30.4 Å². The number of nitrogens with one attached hydrogen (secondary N) is 1. The summed E-state index contributed by atoms with van der Waals surface area (Å²) in [6.07, 6.45) is 0. The smallest absolute Gasteiger partial charge is 0.282 e. The zero-order valence-electron chi connectivity index (χ0n) is 13.8. The van der Waals surface area contributed by atoms with Crippen LogP contribution >= 0.6 is 27.7 Å². The molecule has 2 aliphatic heterocycles. The molecule has 2 amide bonds. The minimum absolute atomic E-state index is 0.0262. The highest BCUT2D eigenvalue weighted by Gasteiger charge is 2.38. The van der Waals surface area contributed by atoms with Crippen molar-refractivity contribution in [3.05, 3.63) is 69.0 Å². The average molecular weight is 465 g/mol. The Balaban J connectivity index is 1.83. The van der Waals surface area contributed by atoms with Gasteiger partial charge in [-0.05, 0) is 41.1 Å². The number of carbonyl (C=O) groups excluding carboxylic acids is 2. The Morgan fingerprint density at radius 2 is 1.78 bits per heavy atom. The Bertz CT molecular complexity index is 1090. The number of thioether (sulfide) groups is 1. The molecule has 0 atom stereocenters. The first-order valence-corrected chi connectivity index (χ1v) is 11.0. The molecule has 0 aliphatic carbocycles. The van der Waals surface area contributed by atoms with Gasteiger partial charge >= 0.3 is 0 Å². The predicted molar refractivity (Wildman–Crippen MR) is 106 cm³/mol. The largest absolute Gasteiger partial charge is 0.290 e. The van der Waals surface area contributed by atoms with Gasteiger partial charge in [0.2, 0.25) is 10.0 Å². The molecule has 2 aromatic rings. The lowest BCUT2D eigenvalue weighted by atomic mass is 10.0. The van der Waals surface area contributed by atoms with Gasteiger partial charge in [0.15, 0.2) is 0 Å². The Kier molecular flexibility index (Phi) is 4.71. The highest BCUT2D eigenvalue weighted by Crippen LogP contribution is 2.40. The SMILES string of the molecule is O=C1NC(=O)/C(=C2\CN(Cc3ccc(Br)cc3)S(=O)(=O)c3ccccc32)S1. The monoisotopic (exact) mass is 464 g/mol. The molecule has 2 heterocycles. The third-order valence-corrected chi connectivity index (χ3v) is 7.63. The van der Waals surface area contributed by atoms with E-state index in [0.29, 0.717) is 11.1 Å². The molecule has 1 N–H and O–H groups in total. The van der Waals surface area contributed by atoms with Crippen LogP contribution in [0.5, 0.6) is 0 Å². The molecular weight excluding hydrogens is 452 g/mol. The summed E-state index contributed by atoms with van der Waals surface area (Å²) in [6, 6.07) is 13.9. The van der Waals surface area contributed by atoms with Gasteiger partial charge in [-0.2, -0.15) is 4.31 Å². The van der Waals surface area contributed by atoms with Crippen LogP contribution in [0.2, 0.25) is 0 Å². The van der Waals surface area contributed by atoms with E-state index < -0.39 is 21.2 Å². The number of carbonyl (C=O) groups is 2. The molecule has 0 unspecified atom stereocenters. The predicted octanol–water partition coefficient (Wildman–Crippen LogP) is 3.35. The summed E-state index contributed by atoms with van der Waals surface area (Å²) >= 11 is 4.17. The molecule has 2 aromatic carbocycles. The van der Waals surface area contributed by atoms with Gasteiger partial charge in [0.1, 0.15) is 0 Å². The second-order valence-electron chi connectivity index (χ2n) is 6.05. The van der Waals surface area contributed by atoms with Gasteiger partial charge in [0.05, 0.1) is 9.80 Å². The fraction of sp³-hybridized carbons (Fsp3) is 0.111. The van der Waals surface area contributed by atoms with Crippen molar-refractivity contribution in [3.63, 3.8) is 0 Å². The Hall–Kier alpha value is -1.94. The Morgan fingerprint density at radius 1 is 1.07 bits per heavy atom. The van der Waals surface area contributed by atoms with Crippen molar-refractivity contribution in [2.24, 2.45) is 0 Å². The third kappa shape index (κ3) is 3.36. The van der Waals surface area contributed by atoms with E-state index >= 15 is 0 Å². The van der Waals surface area contributed by atoms with Gasteiger partial charge in [0, 0.05) is 23.1 Å². The van der Waals surface area contributed by atoms with Gasteiger partial charge in [-0.1, -0.05) is 46.3 Å². The van der Waals surface area contributed by atoms with E-state index in [1.807, 2.05) is 24.3 Å². The number of imide groups is 1. The van der Waals surface area contributed by atoms with Crippen LogP contribution in [0.25, 0.3) is 5.57 Å². The van der Waals surface area contributed by atoms with Gasteiger partial charge in [-0.15, -0.1) is 0 Å². The number of hydrogen-bond donors (Lipinski definition) is 1. The van der Waals surface area contributed by atoms with Crippen molar-refractivity contribution in [3.8, 4) is 0 Å². The number of halogens is 1. The highest BCUT2D eigenvalue weighted by atomic mass is 79.9. The molecule has 0 bridgehead atoms. The van der Waals surface area contributed by atoms with Crippen molar-refractivity contribution in [2.75, 3.05) is 6.54 Å². The number of benzene rings is 2. The molecule has 9 heteroatoms. The van der Waals surface area contributed by atoms with E-state index in [1.165, 1.54) is 10.4 Å². The van der Waals surface area contributed by atoms with Crippen LogP contribution in [0.4, 0.5) is 4.79 Å². The number of rotatable bonds is 2. The maximum atomic E-state index is 13.1. The number of hydrogen-bond acceptors (Lipinski definition) is 5. The molecule has 0 spiro atoms. The quantitative estimate of drug-likeness (QED) is 0.688. The first-order valence-electron chi connectivity index (χ1n) is 7.96. The van der Waals surface area contributed by atoms with Crippen LogP contribution in [-0.2, 0) is 21.4 Å². The van der Waals surface area contributed by atoms with Crippen LogP contribution < -0.4 is 5.32 Å². The summed E-state index contributed by atoms with van der Waals surface area (Å²) in [4.78, 5) is 24.2. The van der Waals surface area contributed by atoms with Crippen LogP contribution in [0.1, 0.15) is 11.1 Å². The molecule has 2 aliphatic rings. The van der Waals surface area contributed by atoms with Crippen molar-refractivity contribution in [2.45, 2.75) is 11.4 Å². The van der Waals surface area contributed by atoms with Crippen LogP contribution in [0.3, 0.4) is 0 Å². The minimum Gasteiger partial charge on any atom is -0.282 e. The molecular formula is C18H13BrN2O4S2. The fourth-order valence-electron chi connectivity index (χ4n) is 3.07. The number of nitrogens with zero attached hydrogens (tertiary/aromatic N) is 1. The number of amides is 2. The third-order valence-electron chi connectivity index (χ3n) is 4.33. The summed E-state index contributed by atoms with van der Waals surface area (Å²) < 4.78 is 28.4. The normalized spacial score (nSPS) is 21.8. The Morgan fingerprint density at radius 3 is 2.44 bits per heavy atom. The molecule has 1 fully saturated rings. The maximum Gasteiger partial charge on any atom is 0.290 e. The maximum absolute atomic E-state index is 13.1. The summed E-state index contributed by atoms with van der Waals surface area (Å²) in [5.41, 5.74) is 1.84. The van der Waals surface area contributed by atoms with Gasteiger partial charge in [-0.25, -0.2) is 8.42 Å². The molecule has 0 aromatic heterocycles. The number of fused-ring (bicyclic) bond motifs is 1. The molecule has 0 radical (unpaired) electrons. The fourth-order valence-corrected chi connectivity index (χ4v) is 5.72. The Labute approximate surface area is 168 Å². The lowest BCUT2D eigenvalue weighted by Gasteiger charge is -2.30. The van der Waals surface area contributed by atoms with E-state index in [9.17, 15) is 18.0 Å². The summed E-state index contributed by atoms with van der Waals surface area (Å²) in [7, 11) is -3.72. The first-order chi connectivity index (χ1) is 12.9. The van der Waals surface area contributed by atoms with Crippen LogP contribution in [0.15, 0.2) is 62.8 Å². The molecule has 0 saturated carbocycles. The van der Waals surface area contributed by atoms with Gasteiger partial charge < -0.3 is 0 Å². The molecule has 1 saturated heterocycles. The standard InChI is InChI=1S/C18H13BrN2O4S2/c19-12-7-5-11(6-8-12)9-21-10-14(16-17(22)20-18(23)26-16)13-3-1-2-4-15(13)27(21,24)25/h1-8H,9-10H2,(H,20,22,23)/b16-14-. The molecule has 6 nitrogen and oxygen atoms in total. The topological polar surface area (TPSA) is 83.6 Å². The van der Waals surface area contributed by atoms with E-state index in [0.717, 1.165) is 21.8 Å². The summed E-state index contributed by atoms with van der Waals surface area (Å²) in [5, 5.41) is 1.79. The lowest BCUT2D eigenvalue weighted by molar-refractivity contribution is -0.115. The van der Waals surface area contributed by atoms with Crippen molar-refractivity contribution >= 4 is 54.4 Å². The highest BCUT2D eigenvalue weighted by molar-refractivity contribution is 9.10. The molecule has 4 rings (SSSR count). The molecule has 138 valence electrons. The van der Waals surface area contributed by atoms with Crippen molar-refractivity contribution in [1.82, 2.24) is 9.62 Å². The zero-order valence-corrected chi connectivity index (χ0v) is 17.0. The number of sulfonamides is 1. The van der Waals surface area contributed by atoms with E-state index in [4.69, 9.17) is 0 Å². The van der Waals surface area contributed by atoms with E-state index in [2.05, 4.69) is 21.2 Å². The second-order valence-corrected chi connectivity index (χ2v) is 9.85.